The van der Waals surface area contributed by atoms with E-state index >= 15 is 0 Å². The number of Topliss-reactive ketones (excluding diaryl/α,β-unsaturated/α-hetero) is 1. The smallest absolute Gasteiger partial charge is 0.205 e. The average Bonchev–Trinajstić information content (AvgIpc) is 3.49. The van der Waals surface area contributed by atoms with Gasteiger partial charge >= 0.3 is 0 Å². The standard InChI is InChI=1S/C22H26N6O4S/c1-30-16-9-14(10-17(11-16)31-2)21(32-3)18(29)12-20-26-27-22(33-20)24-15-6-8-28(13-15)19-5-4-7-23-25-19/h4-5,7,9-11,15,21H,6,8,12-13H2,1-3H3,(H,24,27)/t15-,21-/m1/s1. The number of hydrogen-bond donors (Lipinski definition) is 1. The first-order valence-electron chi connectivity index (χ1n) is 10.5. The van der Waals surface area contributed by atoms with Gasteiger partial charge in [-0.15, -0.1) is 15.3 Å². The lowest BCUT2D eigenvalue weighted by molar-refractivity contribution is -0.128. The number of nitrogens with one attached hydrogen (secondary N) is 1. The van der Waals surface area contributed by atoms with Crippen molar-refractivity contribution in [3.8, 4) is 11.5 Å². The summed E-state index contributed by atoms with van der Waals surface area (Å²) >= 11 is 1.38. The summed E-state index contributed by atoms with van der Waals surface area (Å²) in [5, 5.41) is 21.3. The third-order valence-electron chi connectivity index (χ3n) is 5.40. The van der Waals surface area contributed by atoms with Crippen LogP contribution in [0.3, 0.4) is 0 Å². The second kappa shape index (κ2) is 10.5. The lowest BCUT2D eigenvalue weighted by Crippen LogP contribution is -2.26. The Bertz CT molecular complexity index is 1060. The third kappa shape index (κ3) is 5.55. The van der Waals surface area contributed by atoms with Crippen molar-refractivity contribution in [2.45, 2.75) is 25.0 Å². The predicted molar refractivity (Wildman–Crippen MR) is 124 cm³/mol. The van der Waals surface area contributed by atoms with E-state index < -0.39 is 6.10 Å². The van der Waals surface area contributed by atoms with Gasteiger partial charge in [-0.25, -0.2) is 0 Å². The highest BCUT2D eigenvalue weighted by molar-refractivity contribution is 7.15. The Morgan fingerprint density at radius 3 is 2.64 bits per heavy atom. The van der Waals surface area contributed by atoms with Gasteiger partial charge in [0.2, 0.25) is 5.13 Å². The van der Waals surface area contributed by atoms with Crippen LogP contribution >= 0.6 is 11.3 Å². The van der Waals surface area contributed by atoms with Crippen molar-refractivity contribution in [3.05, 3.63) is 47.1 Å². The van der Waals surface area contributed by atoms with Crippen molar-refractivity contribution in [3.63, 3.8) is 0 Å². The highest BCUT2D eigenvalue weighted by Gasteiger charge is 2.26. The fourth-order valence-corrected chi connectivity index (χ4v) is 4.61. The van der Waals surface area contributed by atoms with Gasteiger partial charge in [0.25, 0.3) is 0 Å². The summed E-state index contributed by atoms with van der Waals surface area (Å²) in [7, 11) is 4.63. The zero-order valence-corrected chi connectivity index (χ0v) is 19.5. The number of carbonyl (C=O) groups is 1. The molecule has 0 aliphatic carbocycles. The number of aromatic nitrogens is 4. The van der Waals surface area contributed by atoms with Crippen LogP contribution in [0.25, 0.3) is 0 Å². The van der Waals surface area contributed by atoms with Crippen molar-refractivity contribution in [2.24, 2.45) is 0 Å². The molecule has 1 aliphatic rings. The molecule has 1 aromatic carbocycles. The number of hydrogen-bond acceptors (Lipinski definition) is 11. The molecule has 0 saturated carbocycles. The largest absolute Gasteiger partial charge is 0.497 e. The van der Waals surface area contributed by atoms with Gasteiger partial charge in [-0.2, -0.15) is 5.10 Å². The molecule has 174 valence electrons. The van der Waals surface area contributed by atoms with Crippen molar-refractivity contribution < 1.29 is 19.0 Å². The minimum absolute atomic E-state index is 0.119. The summed E-state index contributed by atoms with van der Waals surface area (Å²) in [4.78, 5) is 15.2. The number of ketones is 1. The summed E-state index contributed by atoms with van der Waals surface area (Å²) in [6.07, 6.45) is 1.98. The van der Waals surface area contributed by atoms with Crippen LogP contribution < -0.4 is 19.7 Å². The van der Waals surface area contributed by atoms with Gasteiger partial charge in [0, 0.05) is 38.5 Å². The van der Waals surface area contributed by atoms with E-state index in [1.165, 1.54) is 18.4 Å². The molecule has 1 saturated heterocycles. The Kier molecular flexibility index (Phi) is 7.30. The maximum absolute atomic E-state index is 13.0. The summed E-state index contributed by atoms with van der Waals surface area (Å²) in [5.74, 6) is 1.93. The number of benzene rings is 1. The minimum Gasteiger partial charge on any atom is -0.497 e. The normalized spacial score (nSPS) is 16.5. The number of anilines is 2. The Morgan fingerprint density at radius 2 is 1.97 bits per heavy atom. The van der Waals surface area contributed by atoms with Gasteiger partial charge < -0.3 is 24.4 Å². The maximum atomic E-state index is 13.0. The van der Waals surface area contributed by atoms with Gasteiger partial charge in [0.1, 0.15) is 22.6 Å². The fourth-order valence-electron chi connectivity index (χ4n) is 3.78. The molecule has 0 unspecified atom stereocenters. The zero-order chi connectivity index (χ0) is 23.2. The molecule has 33 heavy (non-hydrogen) atoms. The molecule has 0 spiro atoms. The quantitative estimate of drug-likeness (QED) is 0.474. The Hall–Kier alpha value is -3.31. The molecule has 1 N–H and O–H groups in total. The molecule has 2 atom stereocenters. The lowest BCUT2D eigenvalue weighted by atomic mass is 10.0. The predicted octanol–water partition coefficient (Wildman–Crippen LogP) is 2.54. The zero-order valence-electron chi connectivity index (χ0n) is 18.7. The van der Waals surface area contributed by atoms with Crippen LogP contribution in [0, 0.1) is 0 Å². The van der Waals surface area contributed by atoms with Crippen LogP contribution in [0.5, 0.6) is 11.5 Å². The number of methoxy groups -OCH3 is 3. The molecular weight excluding hydrogens is 444 g/mol. The first kappa shape index (κ1) is 22.9. The molecule has 3 aromatic rings. The maximum Gasteiger partial charge on any atom is 0.205 e. The van der Waals surface area contributed by atoms with E-state index in [-0.39, 0.29) is 18.2 Å². The Morgan fingerprint density at radius 1 is 1.18 bits per heavy atom. The van der Waals surface area contributed by atoms with Crippen LogP contribution in [0.15, 0.2) is 36.5 Å². The van der Waals surface area contributed by atoms with Crippen molar-refractivity contribution in [1.82, 2.24) is 20.4 Å². The molecule has 2 aromatic heterocycles. The van der Waals surface area contributed by atoms with Crippen molar-refractivity contribution in [2.75, 3.05) is 44.6 Å². The van der Waals surface area contributed by atoms with Crippen LogP contribution in [0.4, 0.5) is 10.9 Å². The van der Waals surface area contributed by atoms with E-state index in [0.717, 1.165) is 25.3 Å². The number of rotatable bonds is 10. The van der Waals surface area contributed by atoms with Crippen molar-refractivity contribution in [1.29, 1.82) is 0 Å². The minimum atomic E-state index is -0.760. The molecule has 0 radical (unpaired) electrons. The second-order valence-electron chi connectivity index (χ2n) is 7.56. The van der Waals surface area contributed by atoms with Gasteiger partial charge in [-0.1, -0.05) is 11.3 Å². The van der Waals surface area contributed by atoms with E-state index in [0.29, 0.717) is 27.2 Å². The first-order chi connectivity index (χ1) is 16.1. The van der Waals surface area contributed by atoms with Crippen LogP contribution in [-0.2, 0) is 16.0 Å². The molecule has 0 amide bonds. The molecule has 4 rings (SSSR count). The molecule has 3 heterocycles. The molecular formula is C22H26N6O4S. The van der Waals surface area contributed by atoms with E-state index in [4.69, 9.17) is 14.2 Å². The highest BCUT2D eigenvalue weighted by Crippen LogP contribution is 2.30. The summed E-state index contributed by atoms with van der Waals surface area (Å²) in [6.45, 7) is 1.69. The van der Waals surface area contributed by atoms with Crippen LogP contribution in [0.1, 0.15) is 23.1 Å². The van der Waals surface area contributed by atoms with E-state index in [9.17, 15) is 4.79 Å². The van der Waals surface area contributed by atoms with Crippen molar-refractivity contribution >= 4 is 28.1 Å². The Balaban J connectivity index is 1.37. The summed E-state index contributed by atoms with van der Waals surface area (Å²) in [6, 6.07) is 9.34. The van der Waals surface area contributed by atoms with E-state index in [1.807, 2.05) is 12.1 Å². The number of ether oxygens (including phenoxy) is 3. The molecule has 0 bridgehead atoms. The lowest BCUT2D eigenvalue weighted by Gasteiger charge is -2.16. The number of carbonyl (C=O) groups excluding carboxylic acids is 1. The SMILES string of the molecule is COc1cc(OC)cc([C@@H](OC)C(=O)Cc2nnc(N[C@@H]3CCN(c4cccnn4)C3)s2)c1. The second-order valence-corrected chi connectivity index (χ2v) is 8.63. The highest BCUT2D eigenvalue weighted by atomic mass is 32.1. The van der Waals surface area contributed by atoms with Gasteiger partial charge in [0.15, 0.2) is 11.6 Å². The molecule has 1 aliphatic heterocycles. The molecule has 1 fully saturated rings. The topological polar surface area (TPSA) is 112 Å². The van der Waals surface area contributed by atoms with Gasteiger partial charge in [0.05, 0.1) is 20.6 Å². The van der Waals surface area contributed by atoms with Gasteiger partial charge in [-0.3, -0.25) is 4.79 Å². The molecule has 11 heteroatoms. The number of nitrogens with zero attached hydrogens (tertiary/aromatic N) is 5. The van der Waals surface area contributed by atoms with E-state index in [2.05, 4.69) is 30.6 Å². The van der Waals surface area contributed by atoms with Crippen LogP contribution in [0.2, 0.25) is 0 Å². The van der Waals surface area contributed by atoms with Crippen LogP contribution in [-0.4, -0.2) is 66.6 Å². The summed E-state index contributed by atoms with van der Waals surface area (Å²) < 4.78 is 16.1. The summed E-state index contributed by atoms with van der Waals surface area (Å²) in [5.41, 5.74) is 0.664. The average molecular weight is 471 g/mol. The molecule has 10 nitrogen and oxygen atoms in total. The monoisotopic (exact) mass is 470 g/mol. The Labute approximate surface area is 195 Å². The van der Waals surface area contributed by atoms with Gasteiger partial charge in [-0.05, 0) is 36.2 Å². The first-order valence-corrected chi connectivity index (χ1v) is 11.3. The van der Waals surface area contributed by atoms with E-state index in [1.54, 1.807) is 38.6 Å². The third-order valence-corrected chi connectivity index (χ3v) is 6.25. The fraction of sp³-hybridized carbons (Fsp3) is 0.409.